The second-order valence-electron chi connectivity index (χ2n) is 3.78. The molecule has 1 rings (SSSR count). The van der Waals surface area contributed by atoms with E-state index in [0.717, 1.165) is 11.8 Å². The van der Waals surface area contributed by atoms with Crippen LogP contribution >= 0.6 is 12.6 Å². The smallest absolute Gasteiger partial charge is 0.0159 e. The molecule has 0 radical (unpaired) electrons. The number of thiol groups is 1. The molecule has 60 valence electrons. The maximum atomic E-state index is 4.65. The SMILES string of the molecule is CCC(C)C(C)C1(S)CC1. The fraction of sp³-hybridized carbons (Fsp3) is 1.00. The van der Waals surface area contributed by atoms with E-state index in [9.17, 15) is 0 Å². The molecule has 1 aliphatic rings. The maximum absolute atomic E-state index is 4.65. The van der Waals surface area contributed by atoms with Gasteiger partial charge < -0.3 is 0 Å². The zero-order valence-electron chi connectivity index (χ0n) is 7.22. The third-order valence-electron chi connectivity index (χ3n) is 3.11. The molecule has 1 heteroatoms. The van der Waals surface area contributed by atoms with E-state index in [2.05, 4.69) is 33.4 Å². The van der Waals surface area contributed by atoms with Gasteiger partial charge in [0.1, 0.15) is 0 Å². The van der Waals surface area contributed by atoms with Gasteiger partial charge in [-0.1, -0.05) is 27.2 Å². The lowest BCUT2D eigenvalue weighted by molar-refractivity contribution is 0.358. The highest BCUT2D eigenvalue weighted by Gasteiger charge is 2.45. The van der Waals surface area contributed by atoms with Gasteiger partial charge in [0.05, 0.1) is 0 Å². The zero-order chi connectivity index (χ0) is 7.78. The van der Waals surface area contributed by atoms with Gasteiger partial charge >= 0.3 is 0 Å². The van der Waals surface area contributed by atoms with Crippen molar-refractivity contribution in [3.05, 3.63) is 0 Å². The molecule has 0 saturated heterocycles. The van der Waals surface area contributed by atoms with E-state index in [4.69, 9.17) is 0 Å². The molecule has 0 bridgehead atoms. The summed E-state index contributed by atoms with van der Waals surface area (Å²) in [7, 11) is 0. The lowest BCUT2D eigenvalue weighted by Crippen LogP contribution is -2.19. The van der Waals surface area contributed by atoms with E-state index in [1.54, 1.807) is 0 Å². The zero-order valence-corrected chi connectivity index (χ0v) is 8.12. The fourth-order valence-corrected chi connectivity index (χ4v) is 1.83. The predicted molar refractivity (Wildman–Crippen MR) is 49.6 cm³/mol. The predicted octanol–water partition coefficient (Wildman–Crippen LogP) is 3.13. The fourth-order valence-electron chi connectivity index (χ4n) is 1.47. The van der Waals surface area contributed by atoms with Gasteiger partial charge in [-0.25, -0.2) is 0 Å². The van der Waals surface area contributed by atoms with Gasteiger partial charge in [-0.2, -0.15) is 12.6 Å². The van der Waals surface area contributed by atoms with Crippen LogP contribution in [0.15, 0.2) is 0 Å². The highest BCUT2D eigenvalue weighted by Crippen LogP contribution is 2.51. The first-order chi connectivity index (χ1) is 4.60. The second kappa shape index (κ2) is 2.77. The lowest BCUT2D eigenvalue weighted by atomic mass is 9.89. The van der Waals surface area contributed by atoms with Gasteiger partial charge in [0.15, 0.2) is 0 Å². The summed E-state index contributed by atoms with van der Waals surface area (Å²) >= 11 is 4.65. The van der Waals surface area contributed by atoms with E-state index in [1.807, 2.05) is 0 Å². The van der Waals surface area contributed by atoms with Crippen molar-refractivity contribution in [2.24, 2.45) is 11.8 Å². The Balaban J connectivity index is 2.40. The molecule has 1 fully saturated rings. The van der Waals surface area contributed by atoms with Crippen molar-refractivity contribution in [3.8, 4) is 0 Å². The number of rotatable bonds is 3. The van der Waals surface area contributed by atoms with Crippen molar-refractivity contribution in [3.63, 3.8) is 0 Å². The van der Waals surface area contributed by atoms with Crippen molar-refractivity contribution < 1.29 is 0 Å². The monoisotopic (exact) mass is 158 g/mol. The molecule has 0 spiro atoms. The minimum atomic E-state index is 0.426. The minimum absolute atomic E-state index is 0.426. The Morgan fingerprint density at radius 1 is 1.40 bits per heavy atom. The minimum Gasteiger partial charge on any atom is -0.172 e. The Morgan fingerprint density at radius 3 is 2.20 bits per heavy atom. The highest BCUT2D eigenvalue weighted by atomic mass is 32.1. The van der Waals surface area contributed by atoms with Crippen LogP contribution in [0.1, 0.15) is 40.0 Å². The largest absolute Gasteiger partial charge is 0.172 e. The molecule has 0 aromatic carbocycles. The van der Waals surface area contributed by atoms with Crippen molar-refractivity contribution in [2.45, 2.75) is 44.8 Å². The summed E-state index contributed by atoms with van der Waals surface area (Å²) in [5.74, 6) is 1.65. The molecule has 2 unspecified atom stereocenters. The molecule has 0 aromatic heterocycles. The standard InChI is InChI=1S/C9H18S/c1-4-7(2)8(3)9(10)5-6-9/h7-8,10H,4-6H2,1-3H3. The highest BCUT2D eigenvalue weighted by molar-refractivity contribution is 7.82. The quantitative estimate of drug-likeness (QED) is 0.599. The van der Waals surface area contributed by atoms with Crippen LogP contribution in [-0.4, -0.2) is 4.75 Å². The van der Waals surface area contributed by atoms with Crippen LogP contribution in [0.5, 0.6) is 0 Å². The average Bonchev–Trinajstić information content (AvgIpc) is 2.66. The number of hydrogen-bond acceptors (Lipinski definition) is 1. The van der Waals surface area contributed by atoms with Crippen LogP contribution in [0.2, 0.25) is 0 Å². The molecule has 10 heavy (non-hydrogen) atoms. The van der Waals surface area contributed by atoms with Gasteiger partial charge in [-0.15, -0.1) is 0 Å². The molecule has 2 atom stereocenters. The van der Waals surface area contributed by atoms with E-state index in [-0.39, 0.29) is 0 Å². The van der Waals surface area contributed by atoms with E-state index < -0.39 is 0 Å². The van der Waals surface area contributed by atoms with E-state index >= 15 is 0 Å². The first-order valence-electron chi connectivity index (χ1n) is 4.32. The Bertz CT molecular complexity index is 116. The summed E-state index contributed by atoms with van der Waals surface area (Å²) in [6, 6.07) is 0. The lowest BCUT2D eigenvalue weighted by Gasteiger charge is -2.23. The van der Waals surface area contributed by atoms with Crippen LogP contribution < -0.4 is 0 Å². The van der Waals surface area contributed by atoms with Crippen LogP contribution in [0, 0.1) is 11.8 Å². The molecule has 1 aliphatic carbocycles. The van der Waals surface area contributed by atoms with Crippen LogP contribution in [-0.2, 0) is 0 Å². The normalized spacial score (nSPS) is 27.6. The van der Waals surface area contributed by atoms with E-state index in [0.29, 0.717) is 4.75 Å². The Morgan fingerprint density at radius 2 is 1.90 bits per heavy atom. The first-order valence-corrected chi connectivity index (χ1v) is 4.77. The van der Waals surface area contributed by atoms with Crippen LogP contribution in [0.25, 0.3) is 0 Å². The summed E-state index contributed by atoms with van der Waals surface area (Å²) in [5, 5.41) is 0. The van der Waals surface area contributed by atoms with Gasteiger partial charge in [0.25, 0.3) is 0 Å². The topological polar surface area (TPSA) is 0 Å². The first kappa shape index (κ1) is 8.45. The maximum Gasteiger partial charge on any atom is 0.0159 e. The molecule has 0 nitrogen and oxygen atoms in total. The molecule has 0 aromatic rings. The summed E-state index contributed by atoms with van der Waals surface area (Å²) in [6.07, 6.45) is 3.96. The van der Waals surface area contributed by atoms with Crippen molar-refractivity contribution in [1.82, 2.24) is 0 Å². The average molecular weight is 158 g/mol. The van der Waals surface area contributed by atoms with Crippen molar-refractivity contribution in [2.75, 3.05) is 0 Å². The molecule has 0 N–H and O–H groups in total. The van der Waals surface area contributed by atoms with Gasteiger partial charge in [-0.3, -0.25) is 0 Å². The van der Waals surface area contributed by atoms with Crippen molar-refractivity contribution in [1.29, 1.82) is 0 Å². The van der Waals surface area contributed by atoms with Crippen molar-refractivity contribution >= 4 is 12.6 Å². The second-order valence-corrected chi connectivity index (χ2v) is 4.67. The Labute approximate surface area is 69.8 Å². The molecule has 0 amide bonds. The molecule has 1 saturated carbocycles. The van der Waals surface area contributed by atoms with Gasteiger partial charge in [0, 0.05) is 4.75 Å². The molecular formula is C9H18S. The summed E-state index contributed by atoms with van der Waals surface area (Å²) in [5.41, 5.74) is 0. The molecular weight excluding hydrogens is 140 g/mol. The van der Waals surface area contributed by atoms with Crippen LogP contribution in [0.3, 0.4) is 0 Å². The third-order valence-corrected chi connectivity index (χ3v) is 3.96. The van der Waals surface area contributed by atoms with Gasteiger partial charge in [-0.05, 0) is 24.7 Å². The number of hydrogen-bond donors (Lipinski definition) is 1. The van der Waals surface area contributed by atoms with E-state index in [1.165, 1.54) is 19.3 Å². The third kappa shape index (κ3) is 1.50. The summed E-state index contributed by atoms with van der Waals surface area (Å²) < 4.78 is 0.426. The molecule has 0 aliphatic heterocycles. The molecule has 0 heterocycles. The Hall–Kier alpha value is 0.350. The van der Waals surface area contributed by atoms with Gasteiger partial charge in [0.2, 0.25) is 0 Å². The van der Waals surface area contributed by atoms with Crippen LogP contribution in [0.4, 0.5) is 0 Å². The Kier molecular flexibility index (Phi) is 2.34. The summed E-state index contributed by atoms with van der Waals surface area (Å²) in [4.78, 5) is 0. The summed E-state index contributed by atoms with van der Waals surface area (Å²) in [6.45, 7) is 6.94.